The summed E-state index contributed by atoms with van der Waals surface area (Å²) in [5.41, 5.74) is 0. The molecular formula is C6H8NNaS2. The molecule has 4 heteroatoms. The van der Waals surface area contributed by atoms with Gasteiger partial charge in [-0.1, -0.05) is 16.5 Å². The zero-order chi connectivity index (χ0) is 6.69. The van der Waals surface area contributed by atoms with E-state index in [4.69, 9.17) is 24.8 Å². The van der Waals surface area contributed by atoms with Crippen molar-refractivity contribution in [3.8, 4) is 0 Å². The molecule has 0 aromatic rings. The molecule has 0 N–H and O–H groups in total. The Hall–Kier alpha value is 0.850. The van der Waals surface area contributed by atoms with Crippen molar-refractivity contribution >= 4 is 29.2 Å². The van der Waals surface area contributed by atoms with Crippen molar-refractivity contribution in [3.05, 3.63) is 12.2 Å². The summed E-state index contributed by atoms with van der Waals surface area (Å²) in [6.07, 6.45) is 5.34. The van der Waals surface area contributed by atoms with Crippen molar-refractivity contribution in [1.82, 2.24) is 4.90 Å². The van der Waals surface area contributed by atoms with Crippen LogP contribution in [0, 0.1) is 0 Å². The smallest absolute Gasteiger partial charge is 0.411 e. The van der Waals surface area contributed by atoms with Crippen molar-refractivity contribution in [3.63, 3.8) is 0 Å². The fraction of sp³-hybridized carbons (Fsp3) is 0.500. The largest absolute Gasteiger partial charge is 1.00 e. The van der Waals surface area contributed by atoms with Crippen LogP contribution in [0.25, 0.3) is 0 Å². The molecule has 0 atom stereocenters. The molecule has 0 radical (unpaired) electrons. The van der Waals surface area contributed by atoms with E-state index >= 15 is 0 Å². The predicted octanol–water partition coefficient (Wildman–Crippen LogP) is -1.92. The number of nitrogens with zero attached hydrogens (tertiary/aromatic N) is 1. The number of hydrogen-bond donors (Lipinski definition) is 0. The van der Waals surface area contributed by atoms with Crippen LogP contribution in [0.3, 0.4) is 0 Å². The summed E-state index contributed by atoms with van der Waals surface area (Å²) in [6, 6.07) is 0. The third kappa shape index (κ3) is 3.30. The average molecular weight is 181 g/mol. The standard InChI is InChI=1S/C6H9NS2.Na/c8-6(9)7-4-2-1-3-5-7;/h1-2H,3-5H2,(H,8,9);/q;+1/p-1. The van der Waals surface area contributed by atoms with E-state index in [-0.39, 0.29) is 29.6 Å². The van der Waals surface area contributed by atoms with Gasteiger partial charge in [-0.3, -0.25) is 0 Å². The van der Waals surface area contributed by atoms with Crippen molar-refractivity contribution in [2.75, 3.05) is 13.1 Å². The van der Waals surface area contributed by atoms with Gasteiger partial charge in [0.25, 0.3) is 0 Å². The van der Waals surface area contributed by atoms with E-state index in [0.29, 0.717) is 4.32 Å². The Balaban J connectivity index is 0.000000810. The average Bonchev–Trinajstić information content (AvgIpc) is 1.90. The van der Waals surface area contributed by atoms with Gasteiger partial charge in [0.05, 0.1) is 0 Å². The summed E-state index contributed by atoms with van der Waals surface area (Å²) in [7, 11) is 0. The molecule has 0 amide bonds. The van der Waals surface area contributed by atoms with Gasteiger partial charge in [-0.2, -0.15) is 0 Å². The minimum absolute atomic E-state index is 0. The SMILES string of the molecule is S=C([S-])N1CC=CCC1.[Na+]. The second-order valence-electron chi connectivity index (χ2n) is 1.97. The van der Waals surface area contributed by atoms with E-state index in [9.17, 15) is 0 Å². The van der Waals surface area contributed by atoms with Crippen molar-refractivity contribution in [2.45, 2.75) is 6.42 Å². The van der Waals surface area contributed by atoms with Crippen LogP contribution in [0.5, 0.6) is 0 Å². The van der Waals surface area contributed by atoms with E-state index in [2.05, 4.69) is 12.2 Å². The summed E-state index contributed by atoms with van der Waals surface area (Å²) in [5, 5.41) is 0. The van der Waals surface area contributed by atoms with Gasteiger partial charge in [0.2, 0.25) is 0 Å². The monoisotopic (exact) mass is 181 g/mol. The minimum atomic E-state index is 0. The second kappa shape index (κ2) is 5.49. The van der Waals surface area contributed by atoms with Gasteiger partial charge in [-0.15, -0.1) is 0 Å². The Morgan fingerprint density at radius 1 is 1.50 bits per heavy atom. The summed E-state index contributed by atoms with van der Waals surface area (Å²) in [4.78, 5) is 2.02. The van der Waals surface area contributed by atoms with E-state index in [1.165, 1.54) is 0 Å². The van der Waals surface area contributed by atoms with Crippen LogP contribution in [0.15, 0.2) is 12.2 Å². The Bertz CT molecular complexity index is 147. The Morgan fingerprint density at radius 2 is 2.20 bits per heavy atom. The van der Waals surface area contributed by atoms with Crippen molar-refractivity contribution in [2.24, 2.45) is 0 Å². The molecule has 0 saturated carbocycles. The first-order valence-electron chi connectivity index (χ1n) is 2.91. The molecule has 0 aromatic heterocycles. The molecule has 0 saturated heterocycles. The molecule has 0 aliphatic carbocycles. The third-order valence-electron chi connectivity index (χ3n) is 1.32. The Morgan fingerprint density at radius 3 is 2.50 bits per heavy atom. The maximum atomic E-state index is 4.82. The second-order valence-corrected chi connectivity index (χ2v) is 3.00. The van der Waals surface area contributed by atoms with Crippen molar-refractivity contribution in [1.29, 1.82) is 0 Å². The van der Waals surface area contributed by atoms with Crippen LogP contribution in [0.1, 0.15) is 6.42 Å². The predicted molar refractivity (Wildman–Crippen MR) is 45.3 cm³/mol. The van der Waals surface area contributed by atoms with Gasteiger partial charge in [-0.25, -0.2) is 0 Å². The molecule has 0 unspecified atom stereocenters. The molecule has 0 bridgehead atoms. The maximum absolute atomic E-state index is 4.82. The van der Waals surface area contributed by atoms with Crippen LogP contribution in [-0.2, 0) is 12.6 Å². The van der Waals surface area contributed by atoms with Gasteiger partial charge >= 0.3 is 29.6 Å². The van der Waals surface area contributed by atoms with E-state index in [0.717, 1.165) is 19.5 Å². The zero-order valence-electron chi connectivity index (χ0n) is 6.04. The molecule has 0 aromatic carbocycles. The first-order chi connectivity index (χ1) is 4.30. The zero-order valence-corrected chi connectivity index (χ0v) is 9.67. The van der Waals surface area contributed by atoms with Gasteiger partial charge in [-0.05, 0) is 6.42 Å². The van der Waals surface area contributed by atoms with Crippen LogP contribution in [-0.4, -0.2) is 22.3 Å². The first-order valence-corrected chi connectivity index (χ1v) is 3.73. The van der Waals surface area contributed by atoms with Crippen molar-refractivity contribution < 1.29 is 29.6 Å². The number of hydrogen-bond acceptors (Lipinski definition) is 2. The molecule has 50 valence electrons. The molecule has 10 heavy (non-hydrogen) atoms. The molecule has 0 spiro atoms. The van der Waals surface area contributed by atoms with E-state index < -0.39 is 0 Å². The summed E-state index contributed by atoms with van der Waals surface area (Å²) in [6.45, 7) is 1.90. The maximum Gasteiger partial charge on any atom is 1.00 e. The Labute approximate surface area is 94.6 Å². The molecule has 1 aliphatic heterocycles. The molecule has 1 aliphatic rings. The van der Waals surface area contributed by atoms with Gasteiger partial charge < -0.3 is 29.7 Å². The summed E-state index contributed by atoms with van der Waals surface area (Å²) in [5.74, 6) is 0. The van der Waals surface area contributed by atoms with Crippen LogP contribution in [0.2, 0.25) is 0 Å². The summed E-state index contributed by atoms with van der Waals surface area (Å²) < 4.78 is 0.597. The number of thiocarbonyl (C=S) groups is 1. The molecule has 1 nitrogen and oxygen atoms in total. The quantitative estimate of drug-likeness (QED) is 0.186. The third-order valence-corrected chi connectivity index (χ3v) is 1.83. The molecule has 1 heterocycles. The fourth-order valence-electron chi connectivity index (χ4n) is 0.807. The molecule has 0 fully saturated rings. The topological polar surface area (TPSA) is 3.24 Å². The van der Waals surface area contributed by atoms with E-state index in [1.807, 2.05) is 4.90 Å². The van der Waals surface area contributed by atoms with Crippen LogP contribution in [0.4, 0.5) is 0 Å². The minimum Gasteiger partial charge on any atom is -0.411 e. The number of rotatable bonds is 0. The van der Waals surface area contributed by atoms with Gasteiger partial charge in [0.1, 0.15) is 0 Å². The fourth-order valence-corrected chi connectivity index (χ4v) is 1.14. The van der Waals surface area contributed by atoms with Crippen LogP contribution < -0.4 is 29.6 Å². The molecule has 1 rings (SSSR count). The van der Waals surface area contributed by atoms with Gasteiger partial charge in [0, 0.05) is 13.1 Å². The van der Waals surface area contributed by atoms with Gasteiger partial charge in [0.15, 0.2) is 0 Å². The Kier molecular flexibility index (Phi) is 5.96. The summed E-state index contributed by atoms with van der Waals surface area (Å²) >= 11 is 9.64. The normalized spacial score (nSPS) is 16.2. The van der Waals surface area contributed by atoms with Crippen LogP contribution >= 0.6 is 12.2 Å². The first kappa shape index (κ1) is 10.8. The molecular weight excluding hydrogens is 173 g/mol. The van der Waals surface area contributed by atoms with E-state index in [1.54, 1.807) is 0 Å².